The normalized spacial score (nSPS) is 21.4. The smallest absolute Gasteiger partial charge is 0.108 e. The van der Waals surface area contributed by atoms with Crippen molar-refractivity contribution in [3.05, 3.63) is 0 Å². The molecule has 0 N–H and O–H groups in total. The zero-order chi connectivity index (χ0) is 12.2. The zero-order valence-corrected chi connectivity index (χ0v) is 14.2. The van der Waals surface area contributed by atoms with Crippen LogP contribution in [0, 0.1) is 0 Å². The van der Waals surface area contributed by atoms with Crippen LogP contribution in [0.3, 0.4) is 0 Å². The Hall–Kier alpha value is 0.394. The number of hydrogen-bond acceptors (Lipinski definition) is 1. The Morgan fingerprint density at radius 3 is 2.19 bits per heavy atom. The van der Waals surface area contributed by atoms with Crippen LogP contribution in [0.4, 0.5) is 0 Å². The number of rotatable bonds is 5. The molecule has 0 spiro atoms. The molecular weight excluding hydrogens is 226 g/mol. The van der Waals surface area contributed by atoms with Crippen molar-refractivity contribution in [3.8, 4) is 0 Å². The summed E-state index contributed by atoms with van der Waals surface area (Å²) in [5, 5.41) is 0. The first-order valence-electron chi connectivity index (χ1n) is 7.12. The number of hydrogen-bond donors (Lipinski definition) is 0. The molecule has 0 amide bonds. The summed E-state index contributed by atoms with van der Waals surface area (Å²) in [6.45, 7) is 10.1. The molecule has 96 valence electrons. The van der Waals surface area contributed by atoms with Gasteiger partial charge in [-0.05, 0) is 25.9 Å². The second-order valence-corrected chi connectivity index (χ2v) is 15.6. The van der Waals surface area contributed by atoms with Crippen molar-refractivity contribution in [1.29, 1.82) is 0 Å². The molecule has 0 aliphatic heterocycles. The van der Waals surface area contributed by atoms with E-state index in [4.69, 9.17) is 0 Å². The van der Waals surface area contributed by atoms with Crippen molar-refractivity contribution >= 4 is 17.0 Å². The summed E-state index contributed by atoms with van der Waals surface area (Å²) in [4.78, 5) is 0. The molecule has 0 heterocycles. The van der Waals surface area contributed by atoms with Crippen molar-refractivity contribution in [2.24, 2.45) is 0 Å². The summed E-state index contributed by atoms with van der Waals surface area (Å²) < 4.78 is 2.80. The Bertz CT molecular complexity index is 195. The van der Waals surface area contributed by atoms with Gasteiger partial charge in [-0.1, -0.05) is 51.5 Å². The van der Waals surface area contributed by atoms with E-state index in [1.165, 1.54) is 38.1 Å². The highest BCUT2D eigenvalue weighted by Crippen LogP contribution is 2.24. The maximum atomic E-state index is 2.80. The molecule has 0 aromatic rings. The predicted octanol–water partition coefficient (Wildman–Crippen LogP) is 3.94. The second kappa shape index (κ2) is 6.36. The molecule has 1 unspecified atom stereocenters. The van der Waals surface area contributed by atoms with E-state index in [0.717, 1.165) is 6.04 Å². The predicted molar refractivity (Wildman–Crippen MR) is 80.6 cm³/mol. The van der Waals surface area contributed by atoms with E-state index < -0.39 is 17.0 Å². The average Bonchev–Trinajstić information content (AvgIpc) is 2.25. The summed E-state index contributed by atoms with van der Waals surface area (Å²) in [7, 11) is 1.01. The van der Waals surface area contributed by atoms with Crippen molar-refractivity contribution in [2.45, 2.75) is 76.4 Å². The van der Waals surface area contributed by atoms with E-state index in [1.807, 2.05) is 0 Å². The molecule has 1 rings (SSSR count). The summed E-state index contributed by atoms with van der Waals surface area (Å²) in [5.74, 6) is 0. The van der Waals surface area contributed by atoms with Gasteiger partial charge >= 0.3 is 0 Å². The molecule has 1 aliphatic carbocycles. The third-order valence-corrected chi connectivity index (χ3v) is 9.46. The minimum absolute atomic E-state index is 0.601. The lowest BCUT2D eigenvalue weighted by Gasteiger charge is -2.36. The summed E-state index contributed by atoms with van der Waals surface area (Å²) >= 11 is 0. The van der Waals surface area contributed by atoms with Gasteiger partial charge in [-0.25, -0.2) is 0 Å². The fraction of sp³-hybridized carbons (Fsp3) is 1.00. The molecule has 1 atom stereocenters. The molecule has 1 fully saturated rings. The standard InChI is InChI=1S/C13H31NSi2/c1-14(13-9-7-6-8-10-13)15(2)11-12-16(3,4)5/h13,15H,6-12H2,1-5H3. The van der Waals surface area contributed by atoms with Crippen LogP contribution in [0.1, 0.15) is 32.1 Å². The summed E-state index contributed by atoms with van der Waals surface area (Å²) in [5.41, 5.74) is 0. The van der Waals surface area contributed by atoms with Crippen molar-refractivity contribution in [2.75, 3.05) is 7.05 Å². The van der Waals surface area contributed by atoms with Gasteiger partial charge in [-0.15, -0.1) is 0 Å². The summed E-state index contributed by atoms with van der Waals surface area (Å²) in [6, 6.07) is 4.03. The summed E-state index contributed by atoms with van der Waals surface area (Å²) in [6.07, 6.45) is 7.38. The molecule has 1 aliphatic rings. The van der Waals surface area contributed by atoms with E-state index in [0.29, 0.717) is 0 Å². The van der Waals surface area contributed by atoms with Crippen LogP contribution in [0.5, 0.6) is 0 Å². The van der Waals surface area contributed by atoms with Crippen LogP contribution in [-0.2, 0) is 0 Å². The monoisotopic (exact) mass is 257 g/mol. The lowest BCUT2D eigenvalue weighted by molar-refractivity contribution is 0.286. The molecule has 0 aromatic heterocycles. The molecule has 0 aromatic carbocycles. The topological polar surface area (TPSA) is 3.24 Å². The molecule has 0 bridgehead atoms. The van der Waals surface area contributed by atoms with Gasteiger partial charge in [0.2, 0.25) is 0 Å². The Morgan fingerprint density at radius 2 is 1.69 bits per heavy atom. The Labute approximate surface area is 105 Å². The van der Waals surface area contributed by atoms with Gasteiger partial charge in [-0.3, -0.25) is 0 Å². The highest BCUT2D eigenvalue weighted by Gasteiger charge is 2.24. The lowest BCUT2D eigenvalue weighted by Crippen LogP contribution is -2.43. The van der Waals surface area contributed by atoms with Gasteiger partial charge in [0.15, 0.2) is 0 Å². The number of nitrogens with zero attached hydrogens (tertiary/aromatic N) is 1. The van der Waals surface area contributed by atoms with Crippen molar-refractivity contribution in [1.82, 2.24) is 4.57 Å². The lowest BCUT2D eigenvalue weighted by atomic mass is 9.96. The van der Waals surface area contributed by atoms with Crippen molar-refractivity contribution < 1.29 is 0 Å². The maximum absolute atomic E-state index is 2.80. The van der Waals surface area contributed by atoms with Gasteiger partial charge in [0.05, 0.1) is 0 Å². The molecule has 1 nitrogen and oxygen atoms in total. The second-order valence-electron chi connectivity index (χ2n) is 6.91. The van der Waals surface area contributed by atoms with Crippen LogP contribution < -0.4 is 0 Å². The molecule has 16 heavy (non-hydrogen) atoms. The SMILES string of the molecule is CN(C1CCCCC1)[SiH](C)CC[Si](C)(C)C. The minimum Gasteiger partial charge on any atom is -0.326 e. The van der Waals surface area contributed by atoms with Gasteiger partial charge in [0.25, 0.3) is 0 Å². The minimum atomic E-state index is -0.807. The maximum Gasteiger partial charge on any atom is 0.108 e. The molecular formula is C13H31NSi2. The third-order valence-electron chi connectivity index (χ3n) is 4.16. The van der Waals surface area contributed by atoms with Gasteiger partial charge in [-0.2, -0.15) is 0 Å². The van der Waals surface area contributed by atoms with E-state index >= 15 is 0 Å². The molecule has 1 saturated carbocycles. The quantitative estimate of drug-likeness (QED) is 0.674. The molecule has 0 radical (unpaired) electrons. The fourth-order valence-corrected chi connectivity index (χ4v) is 9.25. The highest BCUT2D eigenvalue weighted by atomic mass is 28.3. The Kier molecular flexibility index (Phi) is 5.75. The average molecular weight is 258 g/mol. The largest absolute Gasteiger partial charge is 0.326 e. The van der Waals surface area contributed by atoms with Gasteiger partial charge in [0, 0.05) is 14.1 Å². The first-order valence-corrected chi connectivity index (χ1v) is 13.3. The van der Waals surface area contributed by atoms with E-state index in [1.54, 1.807) is 6.04 Å². The van der Waals surface area contributed by atoms with Gasteiger partial charge < -0.3 is 4.57 Å². The van der Waals surface area contributed by atoms with Crippen LogP contribution >= 0.6 is 0 Å². The first-order chi connectivity index (χ1) is 7.40. The van der Waals surface area contributed by atoms with E-state index in [9.17, 15) is 0 Å². The highest BCUT2D eigenvalue weighted by molar-refractivity contribution is 6.77. The van der Waals surface area contributed by atoms with Crippen LogP contribution in [0.25, 0.3) is 0 Å². The Morgan fingerprint density at radius 1 is 1.12 bits per heavy atom. The third kappa shape index (κ3) is 5.15. The first kappa shape index (κ1) is 14.5. The van der Waals surface area contributed by atoms with Crippen LogP contribution in [0.15, 0.2) is 0 Å². The van der Waals surface area contributed by atoms with E-state index in [2.05, 4.69) is 37.8 Å². The van der Waals surface area contributed by atoms with Gasteiger partial charge in [0.1, 0.15) is 8.96 Å². The molecule has 3 heteroatoms. The van der Waals surface area contributed by atoms with E-state index in [-0.39, 0.29) is 0 Å². The Balaban J connectivity index is 2.31. The zero-order valence-electron chi connectivity index (χ0n) is 12.1. The molecule has 0 saturated heterocycles. The van der Waals surface area contributed by atoms with Crippen molar-refractivity contribution in [3.63, 3.8) is 0 Å². The van der Waals surface area contributed by atoms with Crippen LogP contribution in [0.2, 0.25) is 38.3 Å². The van der Waals surface area contributed by atoms with Crippen LogP contribution in [-0.4, -0.2) is 34.7 Å². The fourth-order valence-electron chi connectivity index (χ4n) is 2.69.